The number of nitrogens with zero attached hydrogens (tertiary/aromatic N) is 2. The zero-order valence-corrected chi connectivity index (χ0v) is 12.8. The largest absolute Gasteiger partial charge is 0.455 e. The first-order valence-electron chi connectivity index (χ1n) is 6.47. The van der Waals surface area contributed by atoms with Crippen LogP contribution in [0.15, 0.2) is 64.4 Å². The minimum absolute atomic E-state index is 0.542. The molecule has 0 aliphatic carbocycles. The van der Waals surface area contributed by atoms with Crippen molar-refractivity contribution < 1.29 is 4.42 Å². The van der Waals surface area contributed by atoms with Crippen LogP contribution < -0.4 is 5.43 Å². The summed E-state index contributed by atoms with van der Waals surface area (Å²) in [6.45, 7) is 0. The number of halogens is 2. The van der Waals surface area contributed by atoms with Crippen LogP contribution in [0.1, 0.15) is 5.76 Å². The van der Waals surface area contributed by atoms with Crippen LogP contribution in [0.4, 0.5) is 5.69 Å². The van der Waals surface area contributed by atoms with E-state index in [1.807, 2.05) is 30.3 Å². The lowest BCUT2D eigenvalue weighted by Gasteiger charge is -2.00. The molecule has 3 aromatic rings. The zero-order valence-electron chi connectivity index (χ0n) is 11.3. The van der Waals surface area contributed by atoms with Crippen molar-refractivity contribution in [3.05, 3.63) is 70.7 Å². The first-order valence-corrected chi connectivity index (χ1v) is 7.22. The normalized spacial score (nSPS) is 11.0. The molecule has 2 aromatic heterocycles. The Morgan fingerprint density at radius 2 is 1.86 bits per heavy atom. The van der Waals surface area contributed by atoms with Crippen molar-refractivity contribution >= 4 is 35.1 Å². The maximum atomic E-state index is 6.16. The second kappa shape index (κ2) is 6.64. The smallest absolute Gasteiger partial charge is 0.147 e. The monoisotopic (exact) mass is 331 g/mol. The van der Waals surface area contributed by atoms with Crippen molar-refractivity contribution in [2.24, 2.45) is 5.10 Å². The summed E-state index contributed by atoms with van der Waals surface area (Å²) in [7, 11) is 0. The van der Waals surface area contributed by atoms with E-state index in [-0.39, 0.29) is 0 Å². The Hall–Kier alpha value is -2.30. The van der Waals surface area contributed by atoms with E-state index in [4.69, 9.17) is 27.6 Å². The van der Waals surface area contributed by atoms with Crippen molar-refractivity contribution in [2.45, 2.75) is 0 Å². The summed E-state index contributed by atoms with van der Waals surface area (Å²) in [5.41, 5.74) is 4.52. The molecule has 0 saturated carbocycles. The van der Waals surface area contributed by atoms with Gasteiger partial charge in [-0.05, 0) is 42.5 Å². The van der Waals surface area contributed by atoms with E-state index in [2.05, 4.69) is 15.5 Å². The average Bonchev–Trinajstić information content (AvgIpc) is 2.97. The topological polar surface area (TPSA) is 50.4 Å². The van der Waals surface area contributed by atoms with Gasteiger partial charge in [-0.2, -0.15) is 5.10 Å². The number of anilines is 1. The summed E-state index contributed by atoms with van der Waals surface area (Å²) >= 11 is 12.0. The molecule has 22 heavy (non-hydrogen) atoms. The van der Waals surface area contributed by atoms with Crippen LogP contribution in [-0.2, 0) is 0 Å². The Morgan fingerprint density at radius 1 is 1.05 bits per heavy atom. The number of furan rings is 1. The standard InChI is InChI=1S/C16H11Cl2N3O/c17-11-1-3-14(15(18)9-11)16-4-2-13(22-16)10-20-21-12-5-7-19-8-6-12/h1-10H,(H,19,21)/b20-10+. The molecule has 0 radical (unpaired) electrons. The van der Waals surface area contributed by atoms with Crippen molar-refractivity contribution in [1.29, 1.82) is 0 Å². The van der Waals surface area contributed by atoms with Gasteiger partial charge in [-0.1, -0.05) is 23.2 Å². The highest BCUT2D eigenvalue weighted by Gasteiger charge is 2.08. The highest BCUT2D eigenvalue weighted by Crippen LogP contribution is 2.31. The van der Waals surface area contributed by atoms with E-state index in [0.717, 1.165) is 11.3 Å². The molecular weight excluding hydrogens is 321 g/mol. The van der Waals surface area contributed by atoms with Gasteiger partial charge in [-0.3, -0.25) is 10.4 Å². The van der Waals surface area contributed by atoms with Crippen molar-refractivity contribution in [3.63, 3.8) is 0 Å². The minimum Gasteiger partial charge on any atom is -0.455 e. The van der Waals surface area contributed by atoms with Crippen molar-refractivity contribution in [2.75, 3.05) is 5.43 Å². The Bertz CT molecular complexity index is 800. The fraction of sp³-hybridized carbons (Fsp3) is 0. The number of hydrogen-bond acceptors (Lipinski definition) is 4. The summed E-state index contributed by atoms with van der Waals surface area (Å²) in [4.78, 5) is 3.93. The van der Waals surface area contributed by atoms with E-state index < -0.39 is 0 Å². The van der Waals surface area contributed by atoms with Gasteiger partial charge in [0.25, 0.3) is 0 Å². The lowest BCUT2D eigenvalue weighted by Crippen LogP contribution is -1.89. The number of hydrogen-bond donors (Lipinski definition) is 1. The van der Waals surface area contributed by atoms with Crippen LogP contribution in [0.5, 0.6) is 0 Å². The molecule has 0 amide bonds. The lowest BCUT2D eigenvalue weighted by atomic mass is 10.2. The number of hydrazone groups is 1. The molecule has 0 spiro atoms. The maximum Gasteiger partial charge on any atom is 0.147 e. The van der Waals surface area contributed by atoms with Crippen LogP contribution in [0, 0.1) is 0 Å². The van der Waals surface area contributed by atoms with E-state index in [9.17, 15) is 0 Å². The van der Waals surface area contributed by atoms with Crippen LogP contribution in [0.3, 0.4) is 0 Å². The van der Waals surface area contributed by atoms with Crippen LogP contribution in [-0.4, -0.2) is 11.2 Å². The Labute approximate surface area is 137 Å². The molecule has 0 fully saturated rings. The van der Waals surface area contributed by atoms with Gasteiger partial charge >= 0.3 is 0 Å². The van der Waals surface area contributed by atoms with Crippen molar-refractivity contribution in [1.82, 2.24) is 4.98 Å². The molecule has 1 N–H and O–H groups in total. The number of rotatable bonds is 4. The molecule has 2 heterocycles. The number of benzene rings is 1. The first kappa shape index (κ1) is 14.6. The third-order valence-corrected chi connectivity index (χ3v) is 3.44. The SMILES string of the molecule is Clc1ccc(-c2ccc(/C=N/Nc3ccncc3)o2)c(Cl)c1. The molecule has 0 aliphatic heterocycles. The van der Waals surface area contributed by atoms with E-state index in [1.54, 1.807) is 30.7 Å². The number of pyridine rings is 1. The van der Waals surface area contributed by atoms with Crippen LogP contribution in [0.2, 0.25) is 10.0 Å². The molecule has 4 nitrogen and oxygen atoms in total. The van der Waals surface area contributed by atoms with Gasteiger partial charge in [0.1, 0.15) is 11.5 Å². The van der Waals surface area contributed by atoms with Crippen LogP contribution in [0.25, 0.3) is 11.3 Å². The second-order valence-electron chi connectivity index (χ2n) is 4.43. The molecule has 0 atom stereocenters. The fourth-order valence-electron chi connectivity index (χ4n) is 1.85. The molecular formula is C16H11Cl2N3O. The molecule has 6 heteroatoms. The Kier molecular flexibility index (Phi) is 4.42. The molecule has 0 unspecified atom stereocenters. The highest BCUT2D eigenvalue weighted by atomic mass is 35.5. The minimum atomic E-state index is 0.542. The predicted molar refractivity (Wildman–Crippen MR) is 89.6 cm³/mol. The maximum absolute atomic E-state index is 6.16. The highest BCUT2D eigenvalue weighted by molar-refractivity contribution is 6.36. The van der Waals surface area contributed by atoms with E-state index in [0.29, 0.717) is 21.6 Å². The molecule has 3 rings (SSSR count). The zero-order chi connectivity index (χ0) is 15.4. The first-order chi connectivity index (χ1) is 10.7. The van der Waals surface area contributed by atoms with Gasteiger partial charge < -0.3 is 4.42 Å². The summed E-state index contributed by atoms with van der Waals surface area (Å²) in [6, 6.07) is 12.6. The van der Waals surface area contributed by atoms with Gasteiger partial charge in [-0.15, -0.1) is 0 Å². The van der Waals surface area contributed by atoms with Gasteiger partial charge in [0.05, 0.1) is 16.9 Å². The van der Waals surface area contributed by atoms with Crippen molar-refractivity contribution in [3.8, 4) is 11.3 Å². The number of aromatic nitrogens is 1. The summed E-state index contributed by atoms with van der Waals surface area (Å²) in [5.74, 6) is 1.27. The quantitative estimate of drug-likeness (QED) is 0.534. The molecule has 0 saturated heterocycles. The molecule has 1 aromatic carbocycles. The van der Waals surface area contributed by atoms with E-state index in [1.165, 1.54) is 0 Å². The molecule has 0 aliphatic rings. The second-order valence-corrected chi connectivity index (χ2v) is 5.28. The summed E-state index contributed by atoms with van der Waals surface area (Å²) < 4.78 is 5.70. The summed E-state index contributed by atoms with van der Waals surface area (Å²) in [5, 5.41) is 5.23. The molecule has 0 bridgehead atoms. The third kappa shape index (κ3) is 3.47. The Balaban J connectivity index is 1.73. The number of nitrogens with one attached hydrogen (secondary N) is 1. The third-order valence-electron chi connectivity index (χ3n) is 2.89. The van der Waals surface area contributed by atoms with Gasteiger partial charge in [0, 0.05) is 23.0 Å². The average molecular weight is 332 g/mol. The van der Waals surface area contributed by atoms with Gasteiger partial charge in [0.2, 0.25) is 0 Å². The fourth-order valence-corrected chi connectivity index (χ4v) is 2.35. The Morgan fingerprint density at radius 3 is 2.64 bits per heavy atom. The van der Waals surface area contributed by atoms with E-state index >= 15 is 0 Å². The summed E-state index contributed by atoms with van der Waals surface area (Å²) in [6.07, 6.45) is 4.96. The van der Waals surface area contributed by atoms with Crippen LogP contribution >= 0.6 is 23.2 Å². The molecule has 110 valence electrons. The lowest BCUT2D eigenvalue weighted by molar-refractivity contribution is 0.575. The van der Waals surface area contributed by atoms with Gasteiger partial charge in [0.15, 0.2) is 0 Å². The van der Waals surface area contributed by atoms with Gasteiger partial charge in [-0.25, -0.2) is 0 Å². The predicted octanol–water partition coefficient (Wildman–Crippen LogP) is 5.09.